The number of carbonyl (C=O) groups excluding carboxylic acids is 2. The molecule has 1 fully saturated rings. The number of nitrogens with zero attached hydrogens (tertiary/aromatic N) is 3. The summed E-state index contributed by atoms with van der Waals surface area (Å²) in [6.07, 6.45) is 7.61. The van der Waals surface area contributed by atoms with E-state index in [0.717, 1.165) is 64.0 Å². The third kappa shape index (κ3) is 9.38. The molecule has 1 aromatic rings. The molecular weight excluding hydrogens is 393 g/mol. The van der Waals surface area contributed by atoms with Crippen LogP contribution in [0.2, 0.25) is 0 Å². The highest BCUT2D eigenvalue weighted by Crippen LogP contribution is 2.12. The zero-order valence-electron chi connectivity index (χ0n) is 19.5. The second-order valence-corrected chi connectivity index (χ2v) is 8.58. The monoisotopic (exact) mass is 433 g/mol. The first kappa shape index (κ1) is 25.3. The molecule has 0 aliphatic carbocycles. The lowest BCUT2D eigenvalue weighted by atomic mass is 10.1. The van der Waals surface area contributed by atoms with E-state index in [2.05, 4.69) is 18.7 Å². The summed E-state index contributed by atoms with van der Waals surface area (Å²) < 4.78 is 13.2. The van der Waals surface area contributed by atoms with Crippen LogP contribution in [-0.4, -0.2) is 65.8 Å². The Bertz CT molecular complexity index is 657. The number of unbranched alkanes of at least 4 members (excludes halogenated alkanes) is 4. The van der Waals surface area contributed by atoms with Gasteiger partial charge >= 0.3 is 0 Å². The SMILES string of the molecule is CCCCCCC(=O)N1CCN(CCN(Cc2ccc(F)cc2)C(=O)CCCC)CC1. The van der Waals surface area contributed by atoms with E-state index >= 15 is 0 Å². The summed E-state index contributed by atoms with van der Waals surface area (Å²) in [5.74, 6) is 0.181. The molecule has 1 saturated heterocycles. The van der Waals surface area contributed by atoms with Crippen LogP contribution in [0, 0.1) is 5.82 Å². The first-order valence-electron chi connectivity index (χ1n) is 12.1. The highest BCUT2D eigenvalue weighted by molar-refractivity contribution is 5.76. The fourth-order valence-electron chi connectivity index (χ4n) is 3.93. The van der Waals surface area contributed by atoms with Crippen LogP contribution in [0.15, 0.2) is 24.3 Å². The number of amides is 2. The van der Waals surface area contributed by atoms with Gasteiger partial charge in [-0.25, -0.2) is 4.39 Å². The van der Waals surface area contributed by atoms with Crippen LogP contribution in [0.4, 0.5) is 4.39 Å². The maximum Gasteiger partial charge on any atom is 0.222 e. The Morgan fingerprint density at radius 2 is 1.58 bits per heavy atom. The number of piperazine rings is 1. The summed E-state index contributed by atoms with van der Waals surface area (Å²) in [7, 11) is 0. The van der Waals surface area contributed by atoms with Crippen molar-refractivity contribution in [3.05, 3.63) is 35.6 Å². The molecule has 1 aromatic carbocycles. The molecule has 31 heavy (non-hydrogen) atoms. The Labute approximate surface area is 187 Å². The van der Waals surface area contributed by atoms with Gasteiger partial charge in [-0.1, -0.05) is 51.7 Å². The summed E-state index contributed by atoms with van der Waals surface area (Å²) in [6, 6.07) is 6.39. The van der Waals surface area contributed by atoms with E-state index in [1.807, 2.05) is 9.80 Å². The Morgan fingerprint density at radius 1 is 0.903 bits per heavy atom. The van der Waals surface area contributed by atoms with Crippen LogP contribution in [-0.2, 0) is 16.1 Å². The first-order valence-corrected chi connectivity index (χ1v) is 12.1. The summed E-state index contributed by atoms with van der Waals surface area (Å²) in [6.45, 7) is 9.49. The van der Waals surface area contributed by atoms with E-state index in [1.165, 1.54) is 25.0 Å². The van der Waals surface area contributed by atoms with E-state index in [-0.39, 0.29) is 17.6 Å². The van der Waals surface area contributed by atoms with Crippen molar-refractivity contribution in [1.29, 1.82) is 0 Å². The lowest BCUT2D eigenvalue weighted by Crippen LogP contribution is -2.50. The maximum absolute atomic E-state index is 13.2. The second-order valence-electron chi connectivity index (χ2n) is 8.58. The Hall–Kier alpha value is -1.95. The molecular formula is C25H40FN3O2. The van der Waals surface area contributed by atoms with Crippen molar-refractivity contribution in [1.82, 2.24) is 14.7 Å². The molecule has 0 saturated carbocycles. The van der Waals surface area contributed by atoms with Crippen molar-refractivity contribution >= 4 is 11.8 Å². The molecule has 0 radical (unpaired) electrons. The van der Waals surface area contributed by atoms with Crippen molar-refractivity contribution in [2.75, 3.05) is 39.3 Å². The minimum Gasteiger partial charge on any atom is -0.340 e. The fraction of sp³-hybridized carbons (Fsp3) is 0.680. The molecule has 5 nitrogen and oxygen atoms in total. The summed E-state index contributed by atoms with van der Waals surface area (Å²) in [5, 5.41) is 0. The maximum atomic E-state index is 13.2. The van der Waals surface area contributed by atoms with E-state index < -0.39 is 0 Å². The Kier molecular flexibility index (Phi) is 11.6. The molecule has 0 N–H and O–H groups in total. The Morgan fingerprint density at radius 3 is 2.23 bits per heavy atom. The van der Waals surface area contributed by atoms with Crippen LogP contribution in [0.25, 0.3) is 0 Å². The van der Waals surface area contributed by atoms with Crippen molar-refractivity contribution < 1.29 is 14.0 Å². The van der Waals surface area contributed by atoms with Gasteiger partial charge in [0.2, 0.25) is 11.8 Å². The zero-order chi connectivity index (χ0) is 22.5. The lowest BCUT2D eigenvalue weighted by molar-refractivity contribution is -0.133. The number of benzene rings is 1. The fourth-order valence-corrected chi connectivity index (χ4v) is 3.93. The van der Waals surface area contributed by atoms with Crippen molar-refractivity contribution in [3.8, 4) is 0 Å². The predicted molar refractivity (Wildman–Crippen MR) is 123 cm³/mol. The third-order valence-corrected chi connectivity index (χ3v) is 6.04. The van der Waals surface area contributed by atoms with Gasteiger partial charge in [0.05, 0.1) is 0 Å². The quantitative estimate of drug-likeness (QED) is 0.432. The van der Waals surface area contributed by atoms with Crippen molar-refractivity contribution in [2.45, 2.75) is 71.8 Å². The number of halogens is 1. The highest BCUT2D eigenvalue weighted by Gasteiger charge is 2.22. The normalized spacial score (nSPS) is 14.6. The minimum absolute atomic E-state index is 0.159. The number of carbonyl (C=O) groups is 2. The van der Waals surface area contributed by atoms with Gasteiger partial charge < -0.3 is 9.80 Å². The van der Waals surface area contributed by atoms with Gasteiger partial charge in [-0.15, -0.1) is 0 Å². The molecule has 0 atom stereocenters. The first-order chi connectivity index (χ1) is 15.0. The molecule has 0 spiro atoms. The Balaban J connectivity index is 1.79. The predicted octanol–water partition coefficient (Wildman–Crippen LogP) is 4.46. The van der Waals surface area contributed by atoms with E-state index in [9.17, 15) is 14.0 Å². The van der Waals surface area contributed by atoms with Gasteiger partial charge in [0.25, 0.3) is 0 Å². The van der Waals surface area contributed by atoms with E-state index in [0.29, 0.717) is 25.9 Å². The van der Waals surface area contributed by atoms with Crippen LogP contribution < -0.4 is 0 Å². The lowest BCUT2D eigenvalue weighted by Gasteiger charge is -2.36. The third-order valence-electron chi connectivity index (χ3n) is 6.04. The summed E-state index contributed by atoms with van der Waals surface area (Å²) in [5.41, 5.74) is 0.949. The van der Waals surface area contributed by atoms with Gasteiger partial charge in [0.1, 0.15) is 5.82 Å². The average molecular weight is 434 g/mol. The molecule has 174 valence electrons. The van der Waals surface area contributed by atoms with Gasteiger partial charge in [-0.05, 0) is 30.5 Å². The topological polar surface area (TPSA) is 43.9 Å². The van der Waals surface area contributed by atoms with E-state index in [1.54, 1.807) is 12.1 Å². The van der Waals surface area contributed by atoms with E-state index in [4.69, 9.17) is 0 Å². The largest absolute Gasteiger partial charge is 0.340 e. The van der Waals surface area contributed by atoms with Crippen molar-refractivity contribution in [3.63, 3.8) is 0 Å². The van der Waals surface area contributed by atoms with Crippen LogP contribution in [0.5, 0.6) is 0 Å². The standard InChI is InChI=1S/C25H40FN3O2/c1-3-5-7-8-10-24(30)28-18-15-27(16-19-28)17-20-29(25(31)9-6-4-2)21-22-11-13-23(26)14-12-22/h11-14H,3-10,15-21H2,1-2H3. The zero-order valence-corrected chi connectivity index (χ0v) is 19.5. The molecule has 0 aromatic heterocycles. The second kappa shape index (κ2) is 14.2. The average Bonchev–Trinajstić information content (AvgIpc) is 2.79. The molecule has 0 bridgehead atoms. The van der Waals surface area contributed by atoms with Gasteiger partial charge in [-0.2, -0.15) is 0 Å². The number of rotatable bonds is 13. The van der Waals surface area contributed by atoms with Crippen LogP contribution >= 0.6 is 0 Å². The molecule has 6 heteroatoms. The molecule has 1 aliphatic heterocycles. The number of hydrogen-bond donors (Lipinski definition) is 0. The molecule has 0 unspecified atom stereocenters. The number of hydrogen-bond acceptors (Lipinski definition) is 3. The molecule has 1 aliphatic rings. The van der Waals surface area contributed by atoms with Crippen molar-refractivity contribution in [2.24, 2.45) is 0 Å². The van der Waals surface area contributed by atoms with Gasteiger partial charge in [0.15, 0.2) is 0 Å². The highest BCUT2D eigenvalue weighted by atomic mass is 19.1. The summed E-state index contributed by atoms with van der Waals surface area (Å²) >= 11 is 0. The van der Waals surface area contributed by atoms with Gasteiger partial charge in [-0.3, -0.25) is 14.5 Å². The summed E-state index contributed by atoms with van der Waals surface area (Å²) in [4.78, 5) is 31.3. The minimum atomic E-state index is -0.259. The molecule has 1 heterocycles. The molecule has 2 rings (SSSR count). The van der Waals surface area contributed by atoms with Crippen LogP contribution in [0.1, 0.15) is 70.8 Å². The van der Waals surface area contributed by atoms with Gasteiger partial charge in [0, 0.05) is 58.7 Å². The molecule has 2 amide bonds. The van der Waals surface area contributed by atoms with Crippen LogP contribution in [0.3, 0.4) is 0 Å². The smallest absolute Gasteiger partial charge is 0.222 e.